The SMILES string of the molecule is COc1cccc(CCS(=O)(=O)NCC(=O)NC2CCCCC2)c1. The van der Waals surface area contributed by atoms with Gasteiger partial charge in [0.05, 0.1) is 19.4 Å². The summed E-state index contributed by atoms with van der Waals surface area (Å²) in [5.74, 6) is 0.383. The Morgan fingerprint density at radius 2 is 2.00 bits per heavy atom. The molecule has 1 aliphatic rings. The first-order valence-electron chi connectivity index (χ1n) is 8.38. The van der Waals surface area contributed by atoms with Crippen molar-refractivity contribution in [3.8, 4) is 5.75 Å². The fourth-order valence-corrected chi connectivity index (χ4v) is 3.85. The maximum Gasteiger partial charge on any atom is 0.235 e. The van der Waals surface area contributed by atoms with Gasteiger partial charge < -0.3 is 10.1 Å². The topological polar surface area (TPSA) is 84.5 Å². The second kappa shape index (κ2) is 9.03. The molecule has 1 amide bonds. The number of hydrogen-bond donors (Lipinski definition) is 2. The van der Waals surface area contributed by atoms with Crippen LogP contribution in [0.25, 0.3) is 0 Å². The predicted molar refractivity (Wildman–Crippen MR) is 93.5 cm³/mol. The quantitative estimate of drug-likeness (QED) is 0.743. The van der Waals surface area contributed by atoms with Crippen LogP contribution in [-0.4, -0.2) is 39.8 Å². The highest BCUT2D eigenvalue weighted by Crippen LogP contribution is 2.17. The van der Waals surface area contributed by atoms with Crippen molar-refractivity contribution in [1.29, 1.82) is 0 Å². The van der Waals surface area contributed by atoms with E-state index in [1.54, 1.807) is 7.11 Å². The lowest BCUT2D eigenvalue weighted by atomic mass is 9.95. The predicted octanol–water partition coefficient (Wildman–Crippen LogP) is 1.61. The van der Waals surface area contributed by atoms with Crippen molar-refractivity contribution in [3.05, 3.63) is 29.8 Å². The number of nitrogens with one attached hydrogen (secondary N) is 2. The van der Waals surface area contributed by atoms with Gasteiger partial charge in [-0.1, -0.05) is 31.4 Å². The average Bonchev–Trinajstić information content (AvgIpc) is 2.60. The Kier molecular flexibility index (Phi) is 7.05. The summed E-state index contributed by atoms with van der Waals surface area (Å²) in [5.41, 5.74) is 0.881. The van der Waals surface area contributed by atoms with Gasteiger partial charge in [-0.25, -0.2) is 13.1 Å². The molecule has 0 spiro atoms. The summed E-state index contributed by atoms with van der Waals surface area (Å²) in [4.78, 5) is 11.9. The van der Waals surface area contributed by atoms with Crippen LogP contribution < -0.4 is 14.8 Å². The van der Waals surface area contributed by atoms with Crippen LogP contribution in [0.1, 0.15) is 37.7 Å². The van der Waals surface area contributed by atoms with Gasteiger partial charge in [-0.15, -0.1) is 0 Å². The summed E-state index contributed by atoms with van der Waals surface area (Å²) >= 11 is 0. The number of carbonyl (C=O) groups excluding carboxylic acids is 1. The Bertz CT molecular complexity index is 640. The van der Waals surface area contributed by atoms with Crippen LogP contribution in [0, 0.1) is 0 Å². The van der Waals surface area contributed by atoms with E-state index in [0.717, 1.165) is 31.2 Å². The van der Waals surface area contributed by atoms with E-state index in [4.69, 9.17) is 4.74 Å². The molecule has 0 heterocycles. The third kappa shape index (κ3) is 6.49. The monoisotopic (exact) mass is 354 g/mol. The first-order valence-corrected chi connectivity index (χ1v) is 10.0. The molecule has 7 heteroatoms. The van der Waals surface area contributed by atoms with E-state index < -0.39 is 10.0 Å². The molecule has 1 aliphatic carbocycles. The minimum absolute atomic E-state index is 0.0587. The number of benzene rings is 1. The van der Waals surface area contributed by atoms with Gasteiger partial charge in [0, 0.05) is 6.04 Å². The number of methoxy groups -OCH3 is 1. The van der Waals surface area contributed by atoms with Gasteiger partial charge in [-0.2, -0.15) is 0 Å². The fraction of sp³-hybridized carbons (Fsp3) is 0.588. The minimum atomic E-state index is -3.49. The molecule has 1 saturated carbocycles. The zero-order valence-electron chi connectivity index (χ0n) is 14.1. The van der Waals surface area contributed by atoms with Crippen LogP contribution in [0.5, 0.6) is 5.75 Å². The molecule has 134 valence electrons. The third-order valence-electron chi connectivity index (χ3n) is 4.22. The average molecular weight is 354 g/mol. The van der Waals surface area contributed by atoms with Crippen LogP contribution in [0.4, 0.5) is 0 Å². The van der Waals surface area contributed by atoms with Crippen LogP contribution >= 0.6 is 0 Å². The minimum Gasteiger partial charge on any atom is -0.497 e. The molecule has 0 aromatic heterocycles. The van der Waals surface area contributed by atoms with E-state index in [0.29, 0.717) is 12.2 Å². The highest BCUT2D eigenvalue weighted by atomic mass is 32.2. The van der Waals surface area contributed by atoms with E-state index in [9.17, 15) is 13.2 Å². The van der Waals surface area contributed by atoms with Crippen LogP contribution in [0.2, 0.25) is 0 Å². The van der Waals surface area contributed by atoms with Gasteiger partial charge in [-0.05, 0) is 37.0 Å². The lowest BCUT2D eigenvalue weighted by molar-refractivity contribution is -0.120. The van der Waals surface area contributed by atoms with Gasteiger partial charge in [0.1, 0.15) is 5.75 Å². The molecule has 0 bridgehead atoms. The van der Waals surface area contributed by atoms with E-state index in [-0.39, 0.29) is 24.2 Å². The molecule has 0 atom stereocenters. The number of amides is 1. The van der Waals surface area contributed by atoms with E-state index in [1.807, 2.05) is 24.3 Å². The molecular weight excluding hydrogens is 328 g/mol. The molecule has 1 aromatic rings. The Morgan fingerprint density at radius 3 is 2.71 bits per heavy atom. The maximum atomic E-state index is 12.0. The summed E-state index contributed by atoms with van der Waals surface area (Å²) in [6.45, 7) is -0.197. The Hall–Kier alpha value is -1.60. The van der Waals surface area contributed by atoms with Crippen molar-refractivity contribution in [2.24, 2.45) is 0 Å². The Balaban J connectivity index is 1.75. The highest BCUT2D eigenvalue weighted by molar-refractivity contribution is 7.89. The van der Waals surface area contributed by atoms with Crippen molar-refractivity contribution in [2.45, 2.75) is 44.6 Å². The molecule has 1 fully saturated rings. The summed E-state index contributed by atoms with van der Waals surface area (Å²) in [6.07, 6.45) is 5.79. The summed E-state index contributed by atoms with van der Waals surface area (Å²) in [6, 6.07) is 7.49. The van der Waals surface area contributed by atoms with Gasteiger partial charge in [0.15, 0.2) is 0 Å². The smallest absolute Gasteiger partial charge is 0.235 e. The van der Waals surface area contributed by atoms with Gasteiger partial charge in [-0.3, -0.25) is 4.79 Å². The Labute approximate surface area is 144 Å². The first-order chi connectivity index (χ1) is 11.5. The largest absolute Gasteiger partial charge is 0.497 e. The normalized spacial score (nSPS) is 15.9. The van der Waals surface area contributed by atoms with E-state index >= 15 is 0 Å². The molecular formula is C17H26N2O4S. The molecule has 0 saturated heterocycles. The number of carbonyl (C=O) groups is 1. The molecule has 0 aliphatic heterocycles. The second-order valence-corrected chi connectivity index (χ2v) is 8.07. The van der Waals surface area contributed by atoms with Gasteiger partial charge in [0.25, 0.3) is 0 Å². The highest BCUT2D eigenvalue weighted by Gasteiger charge is 2.17. The Morgan fingerprint density at radius 1 is 1.25 bits per heavy atom. The zero-order valence-corrected chi connectivity index (χ0v) is 14.9. The number of aryl methyl sites for hydroxylation is 1. The summed E-state index contributed by atoms with van der Waals surface area (Å²) in [5, 5.41) is 2.90. The fourth-order valence-electron chi connectivity index (χ4n) is 2.85. The lowest BCUT2D eigenvalue weighted by Gasteiger charge is -2.22. The molecule has 0 radical (unpaired) electrons. The van der Waals surface area contributed by atoms with Crippen molar-refractivity contribution in [1.82, 2.24) is 10.0 Å². The zero-order chi connectivity index (χ0) is 17.4. The number of sulfonamides is 1. The van der Waals surface area contributed by atoms with Crippen molar-refractivity contribution in [2.75, 3.05) is 19.4 Å². The second-order valence-electron chi connectivity index (χ2n) is 6.14. The molecule has 2 N–H and O–H groups in total. The number of rotatable bonds is 8. The number of hydrogen-bond acceptors (Lipinski definition) is 4. The van der Waals surface area contributed by atoms with Gasteiger partial charge in [0.2, 0.25) is 15.9 Å². The standard InChI is InChI=1S/C17H26N2O4S/c1-23-16-9-5-6-14(12-16)10-11-24(21,22)18-13-17(20)19-15-7-3-2-4-8-15/h5-6,9,12,15,18H,2-4,7-8,10-11,13H2,1H3,(H,19,20). The van der Waals surface area contributed by atoms with Crippen molar-refractivity contribution < 1.29 is 17.9 Å². The summed E-state index contributed by atoms with van der Waals surface area (Å²) in [7, 11) is -1.92. The van der Waals surface area contributed by atoms with Crippen LogP contribution in [-0.2, 0) is 21.2 Å². The van der Waals surface area contributed by atoms with Crippen LogP contribution in [0.15, 0.2) is 24.3 Å². The molecule has 0 unspecified atom stereocenters. The first kappa shape index (κ1) is 18.7. The lowest BCUT2D eigenvalue weighted by Crippen LogP contribution is -2.43. The van der Waals surface area contributed by atoms with Crippen molar-refractivity contribution >= 4 is 15.9 Å². The third-order valence-corrected chi connectivity index (χ3v) is 5.54. The number of ether oxygens (including phenoxy) is 1. The molecule has 24 heavy (non-hydrogen) atoms. The molecule has 2 rings (SSSR count). The van der Waals surface area contributed by atoms with E-state index in [1.165, 1.54) is 6.42 Å². The maximum absolute atomic E-state index is 12.0. The van der Waals surface area contributed by atoms with E-state index in [2.05, 4.69) is 10.0 Å². The molecule has 1 aromatic carbocycles. The van der Waals surface area contributed by atoms with Crippen LogP contribution in [0.3, 0.4) is 0 Å². The van der Waals surface area contributed by atoms with Crippen molar-refractivity contribution in [3.63, 3.8) is 0 Å². The summed E-state index contributed by atoms with van der Waals surface area (Å²) < 4.78 is 31.6. The van der Waals surface area contributed by atoms with Gasteiger partial charge >= 0.3 is 0 Å². The molecule has 6 nitrogen and oxygen atoms in total.